The smallest absolute Gasteiger partial charge is 0.303 e. The molecule has 0 bridgehead atoms. The van der Waals surface area contributed by atoms with Gasteiger partial charge in [0.25, 0.3) is 0 Å². The van der Waals surface area contributed by atoms with E-state index in [0.29, 0.717) is 12.0 Å². The molecule has 5 N–H and O–H groups in total. The van der Waals surface area contributed by atoms with Gasteiger partial charge >= 0.3 is 5.97 Å². The minimum atomic E-state index is -0.836. The van der Waals surface area contributed by atoms with Crippen LogP contribution in [0.3, 0.4) is 0 Å². The van der Waals surface area contributed by atoms with Crippen molar-refractivity contribution in [1.82, 2.24) is 4.98 Å². The molecule has 2 aromatic rings. The number of nitrogens with zero attached hydrogens (tertiary/aromatic N) is 1. The Morgan fingerprint density at radius 1 is 1.44 bits per heavy atom. The van der Waals surface area contributed by atoms with Gasteiger partial charge < -0.3 is 21.0 Å². The molecule has 1 aromatic carbocycles. The molecule has 0 spiro atoms. The van der Waals surface area contributed by atoms with Gasteiger partial charge in [-0.1, -0.05) is 17.3 Å². The second-order valence-corrected chi connectivity index (χ2v) is 3.92. The first-order valence-electron chi connectivity index (χ1n) is 5.42. The van der Waals surface area contributed by atoms with Gasteiger partial charge in [-0.05, 0) is 18.1 Å². The highest BCUT2D eigenvalue weighted by Gasteiger charge is 2.10. The minimum absolute atomic E-state index is 0.0206. The number of amidine groups is 1. The van der Waals surface area contributed by atoms with Crippen LogP contribution < -0.4 is 5.73 Å². The number of carboxylic acid groups (broad SMARTS) is 1. The van der Waals surface area contributed by atoms with Crippen molar-refractivity contribution in [2.45, 2.75) is 12.8 Å². The van der Waals surface area contributed by atoms with Crippen LogP contribution in [-0.2, 0) is 11.2 Å². The molecule has 2 rings (SSSR count). The summed E-state index contributed by atoms with van der Waals surface area (Å²) in [7, 11) is 0. The molecule has 0 aliphatic carbocycles. The van der Waals surface area contributed by atoms with E-state index in [1.807, 2.05) is 6.07 Å². The SMILES string of the molecule is NC(=NO)c1cccc2c(CCC(=O)O)c[nH]c12. The van der Waals surface area contributed by atoms with Crippen molar-refractivity contribution in [3.63, 3.8) is 0 Å². The van der Waals surface area contributed by atoms with Gasteiger partial charge in [-0.25, -0.2) is 0 Å². The topological polar surface area (TPSA) is 112 Å². The van der Waals surface area contributed by atoms with Gasteiger partial charge in [-0.15, -0.1) is 0 Å². The van der Waals surface area contributed by atoms with Crippen LogP contribution in [0.2, 0.25) is 0 Å². The number of aryl methyl sites for hydroxylation is 1. The Balaban J connectivity index is 2.45. The van der Waals surface area contributed by atoms with E-state index in [0.717, 1.165) is 16.5 Å². The molecule has 0 aliphatic heterocycles. The van der Waals surface area contributed by atoms with Crippen LogP contribution in [0, 0.1) is 0 Å². The third-order valence-corrected chi connectivity index (χ3v) is 2.79. The zero-order chi connectivity index (χ0) is 13.1. The number of carbonyl (C=O) groups is 1. The van der Waals surface area contributed by atoms with E-state index in [1.54, 1.807) is 18.3 Å². The predicted octanol–water partition coefficient (Wildman–Crippen LogP) is 1.28. The number of aliphatic carboxylic acids is 1. The van der Waals surface area contributed by atoms with Crippen molar-refractivity contribution in [2.24, 2.45) is 10.9 Å². The molecular formula is C12H13N3O3. The molecule has 0 fully saturated rings. The lowest BCUT2D eigenvalue weighted by Crippen LogP contribution is -2.13. The van der Waals surface area contributed by atoms with Crippen LogP contribution in [0.15, 0.2) is 29.6 Å². The lowest BCUT2D eigenvalue weighted by Gasteiger charge is -2.01. The number of carboxylic acids is 1. The molecule has 0 amide bonds. The third-order valence-electron chi connectivity index (χ3n) is 2.79. The summed E-state index contributed by atoms with van der Waals surface area (Å²) in [5.41, 5.74) is 7.82. The standard InChI is InChI=1S/C12H13N3O3/c13-12(15-18)9-3-1-2-8-7(4-5-10(16)17)6-14-11(8)9/h1-3,6,14,18H,4-5H2,(H2,13,15)(H,16,17). The summed E-state index contributed by atoms with van der Waals surface area (Å²) in [6, 6.07) is 5.39. The molecule has 0 saturated carbocycles. The number of fused-ring (bicyclic) bond motifs is 1. The fourth-order valence-electron chi connectivity index (χ4n) is 1.93. The van der Waals surface area contributed by atoms with E-state index in [1.165, 1.54) is 0 Å². The number of aromatic nitrogens is 1. The minimum Gasteiger partial charge on any atom is -0.481 e. The van der Waals surface area contributed by atoms with Crippen molar-refractivity contribution in [3.05, 3.63) is 35.5 Å². The highest BCUT2D eigenvalue weighted by Crippen LogP contribution is 2.22. The summed E-state index contributed by atoms with van der Waals surface area (Å²) in [6.45, 7) is 0. The summed E-state index contributed by atoms with van der Waals surface area (Å²) in [6.07, 6.45) is 2.26. The normalized spacial score (nSPS) is 11.9. The maximum absolute atomic E-state index is 10.6. The van der Waals surface area contributed by atoms with Crippen LogP contribution in [0.4, 0.5) is 0 Å². The second-order valence-electron chi connectivity index (χ2n) is 3.92. The van der Waals surface area contributed by atoms with Crippen molar-refractivity contribution < 1.29 is 15.1 Å². The van der Waals surface area contributed by atoms with E-state index in [2.05, 4.69) is 10.1 Å². The number of benzene rings is 1. The number of hydrogen-bond acceptors (Lipinski definition) is 3. The number of hydrogen-bond donors (Lipinski definition) is 4. The number of oxime groups is 1. The molecule has 1 aromatic heterocycles. The molecule has 0 aliphatic rings. The average molecular weight is 247 g/mol. The fraction of sp³-hybridized carbons (Fsp3) is 0.167. The Morgan fingerprint density at radius 3 is 2.89 bits per heavy atom. The van der Waals surface area contributed by atoms with Gasteiger partial charge in [0, 0.05) is 23.6 Å². The van der Waals surface area contributed by atoms with Crippen LogP contribution in [-0.4, -0.2) is 27.1 Å². The molecule has 0 saturated heterocycles. The number of nitrogens with one attached hydrogen (secondary N) is 1. The molecule has 0 radical (unpaired) electrons. The first-order chi connectivity index (χ1) is 8.63. The number of nitrogens with two attached hydrogens (primary N) is 1. The third kappa shape index (κ3) is 2.13. The van der Waals surface area contributed by atoms with Crippen molar-refractivity contribution in [3.8, 4) is 0 Å². The molecule has 1 heterocycles. The van der Waals surface area contributed by atoms with Crippen molar-refractivity contribution >= 4 is 22.7 Å². The highest BCUT2D eigenvalue weighted by molar-refractivity contribution is 6.08. The summed E-state index contributed by atoms with van der Waals surface area (Å²) in [5.74, 6) is -0.816. The highest BCUT2D eigenvalue weighted by atomic mass is 16.4. The van der Waals surface area contributed by atoms with Gasteiger partial charge in [-0.2, -0.15) is 0 Å². The van der Waals surface area contributed by atoms with Gasteiger partial charge in [0.2, 0.25) is 0 Å². The van der Waals surface area contributed by atoms with Gasteiger partial charge in [0.1, 0.15) is 0 Å². The number of rotatable bonds is 4. The van der Waals surface area contributed by atoms with E-state index in [4.69, 9.17) is 16.0 Å². The molecule has 94 valence electrons. The molecule has 0 atom stereocenters. The molecule has 0 unspecified atom stereocenters. The molecule has 6 nitrogen and oxygen atoms in total. The number of para-hydroxylation sites is 1. The Morgan fingerprint density at radius 2 is 2.22 bits per heavy atom. The molecule has 6 heteroatoms. The monoisotopic (exact) mass is 247 g/mol. The van der Waals surface area contributed by atoms with Crippen LogP contribution in [0.5, 0.6) is 0 Å². The Kier molecular flexibility index (Phi) is 3.18. The maximum Gasteiger partial charge on any atom is 0.303 e. The first kappa shape index (κ1) is 12.0. The first-order valence-corrected chi connectivity index (χ1v) is 5.42. The number of H-pyrrole nitrogens is 1. The quantitative estimate of drug-likeness (QED) is 0.282. The van der Waals surface area contributed by atoms with Crippen LogP contribution in [0.1, 0.15) is 17.5 Å². The molecule has 18 heavy (non-hydrogen) atoms. The van der Waals surface area contributed by atoms with E-state index in [-0.39, 0.29) is 12.3 Å². The summed E-state index contributed by atoms with van der Waals surface area (Å²) < 4.78 is 0. The lowest BCUT2D eigenvalue weighted by molar-refractivity contribution is -0.136. The van der Waals surface area contributed by atoms with Crippen LogP contribution >= 0.6 is 0 Å². The largest absolute Gasteiger partial charge is 0.481 e. The predicted molar refractivity (Wildman–Crippen MR) is 66.8 cm³/mol. The number of aromatic amines is 1. The second kappa shape index (κ2) is 4.79. The van der Waals surface area contributed by atoms with E-state index in [9.17, 15) is 4.79 Å². The lowest BCUT2D eigenvalue weighted by atomic mass is 10.1. The van der Waals surface area contributed by atoms with Crippen molar-refractivity contribution in [1.29, 1.82) is 0 Å². The van der Waals surface area contributed by atoms with E-state index >= 15 is 0 Å². The van der Waals surface area contributed by atoms with Crippen LogP contribution in [0.25, 0.3) is 10.9 Å². The summed E-state index contributed by atoms with van der Waals surface area (Å²) in [5, 5.41) is 21.2. The summed E-state index contributed by atoms with van der Waals surface area (Å²) in [4.78, 5) is 13.6. The van der Waals surface area contributed by atoms with Crippen molar-refractivity contribution in [2.75, 3.05) is 0 Å². The fourth-order valence-corrected chi connectivity index (χ4v) is 1.93. The van der Waals surface area contributed by atoms with E-state index < -0.39 is 5.97 Å². The Hall–Kier alpha value is -2.50. The van der Waals surface area contributed by atoms with Gasteiger partial charge in [0.15, 0.2) is 5.84 Å². The average Bonchev–Trinajstić information content (AvgIpc) is 2.78. The summed E-state index contributed by atoms with van der Waals surface area (Å²) >= 11 is 0. The van der Waals surface area contributed by atoms with Gasteiger partial charge in [-0.3, -0.25) is 4.79 Å². The zero-order valence-corrected chi connectivity index (χ0v) is 9.55. The Labute approximate surface area is 103 Å². The Bertz CT molecular complexity index is 616. The van der Waals surface area contributed by atoms with Gasteiger partial charge in [0.05, 0.1) is 5.52 Å². The maximum atomic E-state index is 10.6. The zero-order valence-electron chi connectivity index (χ0n) is 9.55. The molecular weight excluding hydrogens is 234 g/mol.